The molecule has 1 aliphatic carbocycles. The maximum Gasteiger partial charge on any atom is 0.239 e. The molecular weight excluding hydrogens is 252 g/mol. The summed E-state index contributed by atoms with van der Waals surface area (Å²) in [6, 6.07) is 5.69. The van der Waals surface area contributed by atoms with Crippen LogP contribution in [0.2, 0.25) is 0 Å². The summed E-state index contributed by atoms with van der Waals surface area (Å²) < 4.78 is 7.46. The number of anilines is 1. The molecule has 2 aromatic heterocycles. The highest BCUT2D eigenvalue weighted by molar-refractivity contribution is 5.50. The molecule has 0 amide bonds. The number of pyridine rings is 1. The Hall–Kier alpha value is -2.04. The molecule has 2 N–H and O–H groups in total. The van der Waals surface area contributed by atoms with E-state index in [4.69, 9.17) is 10.5 Å². The molecule has 1 saturated carbocycles. The highest BCUT2D eigenvalue weighted by Crippen LogP contribution is 2.30. The normalized spacial score (nSPS) is 14.8. The third-order valence-corrected chi connectivity index (χ3v) is 3.46. The first-order chi connectivity index (χ1) is 9.63. The predicted octanol–water partition coefficient (Wildman–Crippen LogP) is 2.76. The molecule has 1 aliphatic rings. The maximum absolute atomic E-state index is 5.91. The molecule has 0 bridgehead atoms. The van der Waals surface area contributed by atoms with Gasteiger partial charge in [0.15, 0.2) is 5.82 Å². The van der Waals surface area contributed by atoms with Crippen molar-refractivity contribution in [3.8, 4) is 11.7 Å². The maximum atomic E-state index is 5.91. The molecule has 2 aromatic rings. The van der Waals surface area contributed by atoms with Gasteiger partial charge in [-0.2, -0.15) is 10.1 Å². The minimum atomic E-state index is 0.399. The van der Waals surface area contributed by atoms with Crippen molar-refractivity contribution >= 4 is 5.69 Å². The van der Waals surface area contributed by atoms with Crippen LogP contribution in [-0.2, 0) is 0 Å². The molecule has 0 aromatic carbocycles. The van der Waals surface area contributed by atoms with E-state index in [0.717, 1.165) is 11.5 Å². The Kier molecular flexibility index (Phi) is 3.34. The largest absolute Gasteiger partial charge is 0.476 e. The summed E-state index contributed by atoms with van der Waals surface area (Å²) in [7, 11) is 0. The second-order valence-corrected chi connectivity index (χ2v) is 5.66. The van der Waals surface area contributed by atoms with Gasteiger partial charge in [-0.15, -0.1) is 0 Å². The molecule has 0 spiro atoms. The zero-order valence-electron chi connectivity index (χ0n) is 11.9. The molecule has 1 fully saturated rings. The molecule has 0 aliphatic heterocycles. The summed E-state index contributed by atoms with van der Waals surface area (Å²) in [5.74, 6) is 2.32. The minimum absolute atomic E-state index is 0.399. The summed E-state index contributed by atoms with van der Waals surface area (Å²) in [5, 5.41) is 4.52. The average molecular weight is 272 g/mol. The van der Waals surface area contributed by atoms with Crippen LogP contribution in [0.3, 0.4) is 0 Å². The Morgan fingerprint density at radius 1 is 1.35 bits per heavy atom. The minimum Gasteiger partial charge on any atom is -0.476 e. The number of aromatic nitrogens is 3. The summed E-state index contributed by atoms with van der Waals surface area (Å²) in [6.07, 6.45) is 4.41. The van der Waals surface area contributed by atoms with Crippen molar-refractivity contribution in [3.05, 3.63) is 30.1 Å². The van der Waals surface area contributed by atoms with E-state index in [1.54, 1.807) is 4.68 Å². The van der Waals surface area contributed by atoms with Crippen molar-refractivity contribution in [1.82, 2.24) is 14.8 Å². The number of nitrogens with zero attached hydrogens (tertiary/aromatic N) is 3. The fraction of sp³-hybridized carbons (Fsp3) is 0.467. The molecule has 3 rings (SSSR count). The van der Waals surface area contributed by atoms with Crippen molar-refractivity contribution in [3.63, 3.8) is 0 Å². The molecule has 0 unspecified atom stereocenters. The Bertz CT molecular complexity index is 602. The van der Waals surface area contributed by atoms with E-state index in [-0.39, 0.29) is 0 Å². The predicted molar refractivity (Wildman–Crippen MR) is 78.1 cm³/mol. The van der Waals surface area contributed by atoms with Crippen LogP contribution in [0.25, 0.3) is 5.82 Å². The van der Waals surface area contributed by atoms with Crippen molar-refractivity contribution in [2.24, 2.45) is 5.92 Å². The van der Waals surface area contributed by atoms with Gasteiger partial charge in [0.05, 0.1) is 18.0 Å². The third kappa shape index (κ3) is 2.76. The van der Waals surface area contributed by atoms with Gasteiger partial charge in [-0.25, -0.2) is 4.68 Å². The lowest BCUT2D eigenvalue weighted by Crippen LogP contribution is -2.07. The fourth-order valence-corrected chi connectivity index (χ4v) is 1.94. The monoisotopic (exact) mass is 272 g/mol. The average Bonchev–Trinajstić information content (AvgIpc) is 3.12. The Morgan fingerprint density at radius 3 is 2.80 bits per heavy atom. The highest BCUT2D eigenvalue weighted by Gasteiger charge is 2.22. The van der Waals surface area contributed by atoms with E-state index in [1.165, 1.54) is 12.8 Å². The first kappa shape index (κ1) is 13.0. The topological polar surface area (TPSA) is 66.0 Å². The van der Waals surface area contributed by atoms with E-state index in [2.05, 4.69) is 23.9 Å². The zero-order valence-corrected chi connectivity index (χ0v) is 11.9. The Balaban J connectivity index is 1.82. The molecule has 20 heavy (non-hydrogen) atoms. The van der Waals surface area contributed by atoms with Crippen LogP contribution >= 0.6 is 0 Å². The number of nitrogens with two attached hydrogens (primary N) is 1. The van der Waals surface area contributed by atoms with Gasteiger partial charge < -0.3 is 10.5 Å². The number of hydrogen-bond donors (Lipinski definition) is 1. The second kappa shape index (κ2) is 5.15. The van der Waals surface area contributed by atoms with Gasteiger partial charge in [-0.05, 0) is 42.9 Å². The number of nitrogen functional groups attached to an aromatic ring is 1. The SMILES string of the molecule is CC(C)c1ccn(-c2ccc(N)c(OCC3CC3)n2)n1. The van der Waals surface area contributed by atoms with Crippen LogP contribution in [0.5, 0.6) is 5.88 Å². The molecular formula is C15H20N4O. The van der Waals surface area contributed by atoms with Crippen molar-refractivity contribution in [1.29, 1.82) is 0 Å². The summed E-state index contributed by atoms with van der Waals surface area (Å²) in [4.78, 5) is 4.47. The van der Waals surface area contributed by atoms with Crippen LogP contribution in [-0.4, -0.2) is 21.4 Å². The van der Waals surface area contributed by atoms with Crippen molar-refractivity contribution < 1.29 is 4.74 Å². The van der Waals surface area contributed by atoms with E-state index >= 15 is 0 Å². The number of ether oxygens (including phenoxy) is 1. The van der Waals surface area contributed by atoms with Crippen LogP contribution < -0.4 is 10.5 Å². The van der Waals surface area contributed by atoms with Gasteiger partial charge >= 0.3 is 0 Å². The van der Waals surface area contributed by atoms with Gasteiger partial charge in [0, 0.05) is 6.20 Å². The standard InChI is InChI=1S/C15H20N4O/c1-10(2)13-7-8-19(18-13)14-6-5-12(16)15(17-14)20-9-11-3-4-11/h5-8,10-11H,3-4,9,16H2,1-2H3. The summed E-state index contributed by atoms with van der Waals surface area (Å²) in [5.41, 5.74) is 7.53. The lowest BCUT2D eigenvalue weighted by atomic mass is 10.1. The lowest BCUT2D eigenvalue weighted by Gasteiger charge is -2.09. The molecule has 5 heteroatoms. The van der Waals surface area contributed by atoms with Crippen LogP contribution in [0.15, 0.2) is 24.4 Å². The van der Waals surface area contributed by atoms with E-state index < -0.39 is 0 Å². The lowest BCUT2D eigenvalue weighted by molar-refractivity contribution is 0.290. The summed E-state index contributed by atoms with van der Waals surface area (Å²) in [6.45, 7) is 4.94. The van der Waals surface area contributed by atoms with Crippen LogP contribution in [0.1, 0.15) is 38.3 Å². The molecule has 0 saturated heterocycles. The van der Waals surface area contributed by atoms with Crippen LogP contribution in [0.4, 0.5) is 5.69 Å². The van der Waals surface area contributed by atoms with E-state index in [9.17, 15) is 0 Å². The quantitative estimate of drug-likeness (QED) is 0.909. The first-order valence-corrected chi connectivity index (χ1v) is 7.08. The molecule has 5 nitrogen and oxygen atoms in total. The third-order valence-electron chi connectivity index (χ3n) is 3.46. The zero-order chi connectivity index (χ0) is 14.1. The molecule has 0 radical (unpaired) electrons. The number of hydrogen-bond acceptors (Lipinski definition) is 4. The van der Waals surface area contributed by atoms with E-state index in [1.807, 2.05) is 24.4 Å². The van der Waals surface area contributed by atoms with Crippen molar-refractivity contribution in [2.45, 2.75) is 32.6 Å². The van der Waals surface area contributed by atoms with Crippen molar-refractivity contribution in [2.75, 3.05) is 12.3 Å². The molecule has 2 heterocycles. The number of rotatable bonds is 5. The second-order valence-electron chi connectivity index (χ2n) is 5.66. The fourth-order valence-electron chi connectivity index (χ4n) is 1.94. The Morgan fingerprint density at radius 2 is 2.15 bits per heavy atom. The summed E-state index contributed by atoms with van der Waals surface area (Å²) >= 11 is 0. The molecule has 0 atom stereocenters. The van der Waals surface area contributed by atoms with Gasteiger partial charge in [0.1, 0.15) is 0 Å². The smallest absolute Gasteiger partial charge is 0.239 e. The first-order valence-electron chi connectivity index (χ1n) is 7.08. The Labute approximate surface area is 118 Å². The van der Waals surface area contributed by atoms with Gasteiger partial charge in [-0.3, -0.25) is 0 Å². The van der Waals surface area contributed by atoms with Gasteiger partial charge in [0.25, 0.3) is 0 Å². The van der Waals surface area contributed by atoms with Crippen LogP contribution in [0, 0.1) is 5.92 Å². The molecule has 106 valence electrons. The highest BCUT2D eigenvalue weighted by atomic mass is 16.5. The van der Waals surface area contributed by atoms with E-state index in [0.29, 0.717) is 30.0 Å². The van der Waals surface area contributed by atoms with Gasteiger partial charge in [-0.1, -0.05) is 13.8 Å². The van der Waals surface area contributed by atoms with Gasteiger partial charge in [0.2, 0.25) is 5.88 Å².